The van der Waals surface area contributed by atoms with E-state index in [9.17, 15) is 9.60 Å². The molecule has 0 amide bonds. The largest absolute Gasteiger partial charge is 0.368 e. The van der Waals surface area contributed by atoms with Gasteiger partial charge in [0.1, 0.15) is 12.0 Å². The first kappa shape index (κ1) is 16.1. The zero-order chi connectivity index (χ0) is 17.4. The second kappa shape index (κ2) is 6.17. The van der Waals surface area contributed by atoms with Crippen LogP contribution in [0.5, 0.6) is 0 Å². The van der Waals surface area contributed by atoms with Crippen LogP contribution in [0, 0.1) is 0 Å². The Balaban J connectivity index is 1.49. The molecule has 9 heteroatoms. The third-order valence-corrected chi connectivity index (χ3v) is 4.77. The molecule has 0 saturated carbocycles. The van der Waals surface area contributed by atoms with Crippen molar-refractivity contribution in [2.24, 2.45) is 10.7 Å². The average molecular weight is 347 g/mol. The van der Waals surface area contributed by atoms with Gasteiger partial charge in [0.25, 0.3) is 0 Å². The first-order chi connectivity index (χ1) is 12.0. The molecule has 7 N–H and O–H groups in total. The van der Waals surface area contributed by atoms with Crippen molar-refractivity contribution >= 4 is 5.84 Å². The Morgan fingerprint density at radius 3 is 3.16 bits per heavy atom. The maximum absolute atomic E-state index is 14.2. The first-order valence-corrected chi connectivity index (χ1v) is 8.32. The van der Waals surface area contributed by atoms with Gasteiger partial charge in [-0.15, -0.1) is 0 Å². The first-order valence-electron chi connectivity index (χ1n) is 8.32. The normalized spacial score (nSPS) is 31.5. The summed E-state index contributed by atoms with van der Waals surface area (Å²) in [4.78, 5) is 4.41. The van der Waals surface area contributed by atoms with Gasteiger partial charge in [0, 0.05) is 42.5 Å². The molecule has 4 aliphatic rings. The van der Waals surface area contributed by atoms with Crippen LogP contribution in [0.1, 0.15) is 6.42 Å². The highest BCUT2D eigenvalue weighted by Gasteiger charge is 2.34. The van der Waals surface area contributed by atoms with E-state index in [0.29, 0.717) is 31.9 Å². The maximum Gasteiger partial charge on any atom is 0.162 e. The van der Waals surface area contributed by atoms with Crippen LogP contribution >= 0.6 is 0 Å². The average Bonchev–Trinajstić information content (AvgIpc) is 3.18. The van der Waals surface area contributed by atoms with Crippen LogP contribution in [-0.2, 0) is 0 Å². The van der Waals surface area contributed by atoms with Gasteiger partial charge in [-0.3, -0.25) is 0 Å². The van der Waals surface area contributed by atoms with E-state index in [1.165, 1.54) is 5.06 Å². The summed E-state index contributed by atoms with van der Waals surface area (Å²) >= 11 is 0. The Bertz CT molecular complexity index is 726. The molecule has 8 nitrogen and oxygen atoms in total. The topological polar surface area (TPSA) is 110 Å². The number of nitrogens with one attached hydrogen (secondary N) is 4. The fourth-order valence-electron chi connectivity index (χ4n) is 3.35. The minimum absolute atomic E-state index is 0.0120. The molecule has 1 unspecified atom stereocenters. The van der Waals surface area contributed by atoms with Crippen molar-refractivity contribution in [3.8, 4) is 0 Å². The quantitative estimate of drug-likeness (QED) is 0.402. The lowest BCUT2D eigenvalue weighted by atomic mass is 10.0. The number of nitrogens with zero attached hydrogens (tertiary/aromatic N) is 2. The second-order valence-corrected chi connectivity index (χ2v) is 6.73. The summed E-state index contributed by atoms with van der Waals surface area (Å²) in [6, 6.07) is 0. The zero-order valence-corrected chi connectivity index (χ0v) is 13.7. The minimum atomic E-state index is -0.595. The summed E-state index contributed by atoms with van der Waals surface area (Å²) in [6.07, 6.45) is 8.31. The molecule has 0 aliphatic carbocycles. The predicted octanol–water partition coefficient (Wildman–Crippen LogP) is -0.635. The van der Waals surface area contributed by atoms with Gasteiger partial charge < -0.3 is 32.2 Å². The fourth-order valence-corrected chi connectivity index (χ4v) is 3.35. The number of amidine groups is 1. The molecule has 134 valence electrons. The lowest BCUT2D eigenvalue weighted by molar-refractivity contribution is -0.0724. The van der Waals surface area contributed by atoms with E-state index >= 15 is 0 Å². The molecular formula is C16H22FN7O. The number of dihydropyridines is 1. The second-order valence-electron chi connectivity index (χ2n) is 6.73. The smallest absolute Gasteiger partial charge is 0.162 e. The number of hydrogen-bond donors (Lipinski definition) is 6. The molecule has 1 saturated heterocycles. The standard InChI is InChI=1S/C16H22FN7O/c17-12-7-21-14(11-6-20-13-10(11)2-1-4-19-13)23-15(12)22-8-16(18)3-5-24(25)9-16/h1-2,4,6,13,19-20,22,25H,3,5,7-9,18H2,(H,21,23)/t13?,16-/m0/s1. The van der Waals surface area contributed by atoms with E-state index in [0.717, 1.165) is 11.1 Å². The Morgan fingerprint density at radius 1 is 1.48 bits per heavy atom. The zero-order valence-electron chi connectivity index (χ0n) is 13.7. The lowest BCUT2D eigenvalue weighted by Crippen LogP contribution is -2.50. The summed E-state index contributed by atoms with van der Waals surface area (Å²) in [7, 11) is 0. The summed E-state index contributed by atoms with van der Waals surface area (Å²) in [5.41, 5.74) is 7.60. The van der Waals surface area contributed by atoms with Crippen LogP contribution in [0.25, 0.3) is 0 Å². The van der Waals surface area contributed by atoms with Crippen LogP contribution in [0.15, 0.2) is 52.3 Å². The number of rotatable bonds is 4. The SMILES string of the molecule is N[C@]1(CNC2=C(F)CNC(C3=CNC4NC=CC=C34)=N2)CCN(O)C1. The maximum atomic E-state index is 14.2. The van der Waals surface area contributed by atoms with Crippen LogP contribution < -0.4 is 27.0 Å². The number of hydrogen-bond acceptors (Lipinski definition) is 8. The van der Waals surface area contributed by atoms with Crippen molar-refractivity contribution in [2.75, 3.05) is 26.2 Å². The number of halogens is 1. The highest BCUT2D eigenvalue weighted by Crippen LogP contribution is 2.24. The van der Waals surface area contributed by atoms with Crippen molar-refractivity contribution in [3.05, 3.63) is 47.3 Å². The minimum Gasteiger partial charge on any atom is -0.368 e. The monoisotopic (exact) mass is 347 g/mol. The number of allylic oxidation sites excluding steroid dienone is 2. The number of aliphatic imine (C=N–C) groups is 1. The molecule has 2 atom stereocenters. The summed E-state index contributed by atoms with van der Waals surface area (Å²) in [6.45, 7) is 1.29. The summed E-state index contributed by atoms with van der Waals surface area (Å²) in [5.74, 6) is 0.452. The molecular weight excluding hydrogens is 325 g/mol. The van der Waals surface area contributed by atoms with Crippen LogP contribution in [0.2, 0.25) is 0 Å². The van der Waals surface area contributed by atoms with E-state index in [2.05, 4.69) is 26.3 Å². The van der Waals surface area contributed by atoms with Gasteiger partial charge >= 0.3 is 0 Å². The van der Waals surface area contributed by atoms with Crippen molar-refractivity contribution in [2.45, 2.75) is 18.1 Å². The molecule has 0 aromatic rings. The predicted molar refractivity (Wildman–Crippen MR) is 91.8 cm³/mol. The van der Waals surface area contributed by atoms with Crippen LogP contribution in [0.4, 0.5) is 4.39 Å². The third-order valence-electron chi connectivity index (χ3n) is 4.77. The third kappa shape index (κ3) is 3.13. The van der Waals surface area contributed by atoms with Gasteiger partial charge in [-0.05, 0) is 18.7 Å². The molecule has 0 aromatic heterocycles. The van der Waals surface area contributed by atoms with E-state index in [4.69, 9.17) is 5.73 Å². The molecule has 4 rings (SSSR count). The Kier molecular flexibility index (Phi) is 3.98. The van der Waals surface area contributed by atoms with Crippen LogP contribution in [-0.4, -0.2) is 54.0 Å². The number of fused-ring (bicyclic) bond motifs is 1. The summed E-state index contributed by atoms with van der Waals surface area (Å²) in [5, 5.41) is 23.2. The summed E-state index contributed by atoms with van der Waals surface area (Å²) < 4.78 is 14.2. The Morgan fingerprint density at radius 2 is 2.36 bits per heavy atom. The molecule has 4 aliphatic heterocycles. The van der Waals surface area contributed by atoms with Crippen LogP contribution in [0.3, 0.4) is 0 Å². The lowest BCUT2D eigenvalue weighted by Gasteiger charge is -2.26. The van der Waals surface area contributed by atoms with Gasteiger partial charge in [0.2, 0.25) is 0 Å². The van der Waals surface area contributed by atoms with Gasteiger partial charge in [-0.1, -0.05) is 6.08 Å². The molecule has 0 spiro atoms. The fraction of sp³-hybridized carbons (Fsp3) is 0.438. The van der Waals surface area contributed by atoms with Gasteiger partial charge in [-0.2, -0.15) is 5.06 Å². The van der Waals surface area contributed by atoms with Crippen molar-refractivity contribution in [1.29, 1.82) is 0 Å². The van der Waals surface area contributed by atoms with E-state index in [-0.39, 0.29) is 24.4 Å². The van der Waals surface area contributed by atoms with E-state index in [1.807, 2.05) is 24.6 Å². The highest BCUT2D eigenvalue weighted by molar-refractivity contribution is 6.04. The van der Waals surface area contributed by atoms with Gasteiger partial charge in [0.15, 0.2) is 11.6 Å². The number of nitrogens with two attached hydrogens (primary N) is 1. The molecule has 0 radical (unpaired) electrons. The molecule has 25 heavy (non-hydrogen) atoms. The molecule has 1 fully saturated rings. The van der Waals surface area contributed by atoms with Crippen molar-refractivity contribution < 1.29 is 9.60 Å². The Labute approximate surface area is 145 Å². The molecule has 4 heterocycles. The van der Waals surface area contributed by atoms with Gasteiger partial charge in [0.05, 0.1) is 6.54 Å². The van der Waals surface area contributed by atoms with E-state index < -0.39 is 5.54 Å². The van der Waals surface area contributed by atoms with Crippen molar-refractivity contribution in [3.63, 3.8) is 0 Å². The van der Waals surface area contributed by atoms with Crippen molar-refractivity contribution in [1.82, 2.24) is 26.3 Å². The van der Waals surface area contributed by atoms with E-state index in [1.54, 1.807) is 0 Å². The Hall–Kier alpha value is -2.36. The molecule has 0 aromatic carbocycles. The number of hydroxylamine groups is 2. The van der Waals surface area contributed by atoms with Gasteiger partial charge in [-0.25, -0.2) is 9.38 Å². The highest BCUT2D eigenvalue weighted by atomic mass is 19.1. The molecule has 0 bridgehead atoms.